The minimum absolute atomic E-state index is 0.160. The highest BCUT2D eigenvalue weighted by molar-refractivity contribution is 6.35. The van der Waals surface area contributed by atoms with E-state index in [4.69, 9.17) is 11.6 Å². The average molecular weight is 432 g/mol. The molecule has 0 aromatic heterocycles. The number of carbonyl (C=O) groups excluding carboxylic acids is 3. The summed E-state index contributed by atoms with van der Waals surface area (Å²) in [6.07, 6.45) is 0. The lowest BCUT2D eigenvalue weighted by molar-refractivity contribution is -0.384. The zero-order chi connectivity index (χ0) is 21.9. The molecule has 1 fully saturated rings. The van der Waals surface area contributed by atoms with Gasteiger partial charge in [0.1, 0.15) is 5.41 Å². The number of nitrogens with zero attached hydrogens (tertiary/aromatic N) is 1. The van der Waals surface area contributed by atoms with Crippen molar-refractivity contribution in [3.05, 3.63) is 110 Å². The Morgan fingerprint density at radius 1 is 0.903 bits per heavy atom. The van der Waals surface area contributed by atoms with Crippen LogP contribution in [0.25, 0.3) is 0 Å². The minimum Gasteiger partial charge on any atom is -0.294 e. The van der Waals surface area contributed by atoms with Crippen LogP contribution in [-0.4, -0.2) is 22.3 Å². The first-order valence-electron chi connectivity index (χ1n) is 9.60. The molecule has 2 atom stereocenters. The second-order valence-corrected chi connectivity index (χ2v) is 8.19. The van der Waals surface area contributed by atoms with Gasteiger partial charge in [0.25, 0.3) is 5.69 Å². The van der Waals surface area contributed by atoms with Crippen molar-refractivity contribution in [2.75, 3.05) is 0 Å². The quantitative estimate of drug-likeness (QED) is 0.253. The molecular weight excluding hydrogens is 418 g/mol. The van der Waals surface area contributed by atoms with Crippen LogP contribution in [0.3, 0.4) is 0 Å². The molecule has 2 aliphatic rings. The molecule has 7 heteroatoms. The fraction of sp³-hybridized carbons (Fsp3) is 0.125. The van der Waals surface area contributed by atoms with E-state index in [1.165, 1.54) is 18.2 Å². The lowest BCUT2D eigenvalue weighted by Gasteiger charge is -2.07. The highest BCUT2D eigenvalue weighted by Gasteiger charge is 2.79. The molecule has 0 aliphatic heterocycles. The standard InChI is InChI=1S/C24H14ClNO5/c25-15-10-8-13(9-11-15)21(27)20-19(14-4-3-5-16(12-14)26(30)31)24(20)22(28)17-6-1-2-7-18(17)23(24)29/h1-12,19-20H/t19-,20+/m1/s1. The molecule has 0 amide bonds. The second kappa shape index (κ2) is 6.68. The van der Waals surface area contributed by atoms with Gasteiger partial charge in [0, 0.05) is 39.8 Å². The molecule has 1 saturated carbocycles. The van der Waals surface area contributed by atoms with Gasteiger partial charge in [-0.3, -0.25) is 24.5 Å². The number of ketones is 3. The lowest BCUT2D eigenvalue weighted by Crippen LogP contribution is -2.23. The first-order valence-corrected chi connectivity index (χ1v) is 9.98. The third-order valence-electron chi connectivity index (χ3n) is 6.22. The summed E-state index contributed by atoms with van der Waals surface area (Å²) in [5, 5.41) is 11.7. The minimum atomic E-state index is -1.57. The highest BCUT2D eigenvalue weighted by Crippen LogP contribution is 2.71. The van der Waals surface area contributed by atoms with Crippen molar-refractivity contribution < 1.29 is 19.3 Å². The van der Waals surface area contributed by atoms with E-state index in [0.717, 1.165) is 0 Å². The molecule has 152 valence electrons. The van der Waals surface area contributed by atoms with E-state index < -0.39 is 33.7 Å². The number of halogens is 1. The van der Waals surface area contributed by atoms with Crippen molar-refractivity contribution in [1.82, 2.24) is 0 Å². The number of benzene rings is 3. The van der Waals surface area contributed by atoms with Gasteiger partial charge in [-0.1, -0.05) is 48.0 Å². The Labute approximate surface area is 181 Å². The number of non-ortho nitro benzene ring substituents is 1. The third-order valence-corrected chi connectivity index (χ3v) is 6.48. The van der Waals surface area contributed by atoms with E-state index in [-0.39, 0.29) is 22.6 Å². The van der Waals surface area contributed by atoms with Crippen LogP contribution in [0.4, 0.5) is 5.69 Å². The summed E-state index contributed by atoms with van der Waals surface area (Å²) in [6.45, 7) is 0. The van der Waals surface area contributed by atoms with Crippen LogP contribution in [0.15, 0.2) is 72.8 Å². The lowest BCUT2D eigenvalue weighted by atomic mass is 9.91. The molecule has 3 aromatic rings. The maximum absolute atomic E-state index is 13.5. The Morgan fingerprint density at radius 3 is 2.10 bits per heavy atom. The summed E-state index contributed by atoms with van der Waals surface area (Å²) >= 11 is 5.93. The number of carbonyl (C=O) groups is 3. The molecule has 0 unspecified atom stereocenters. The van der Waals surface area contributed by atoms with Crippen LogP contribution in [0.1, 0.15) is 42.6 Å². The summed E-state index contributed by atoms with van der Waals surface area (Å²) in [7, 11) is 0. The van der Waals surface area contributed by atoms with Crippen LogP contribution >= 0.6 is 11.6 Å². The van der Waals surface area contributed by atoms with E-state index in [1.54, 1.807) is 54.6 Å². The van der Waals surface area contributed by atoms with E-state index in [2.05, 4.69) is 0 Å². The smallest absolute Gasteiger partial charge is 0.269 e. The van der Waals surface area contributed by atoms with Gasteiger partial charge in [0.05, 0.1) is 10.8 Å². The molecule has 2 aliphatic carbocycles. The normalized spacial score (nSPS) is 20.5. The zero-order valence-corrected chi connectivity index (χ0v) is 16.7. The maximum atomic E-state index is 13.5. The Balaban J connectivity index is 1.66. The molecule has 0 N–H and O–H groups in total. The van der Waals surface area contributed by atoms with E-state index in [0.29, 0.717) is 16.1 Å². The average Bonchev–Trinajstić information content (AvgIpc) is 3.44. The van der Waals surface area contributed by atoms with Crippen LogP contribution in [-0.2, 0) is 0 Å². The number of Topliss-reactive ketones (excluding diaryl/α,β-unsaturated/α-hetero) is 3. The Bertz CT molecular complexity index is 1260. The molecule has 1 spiro atoms. The largest absolute Gasteiger partial charge is 0.294 e. The van der Waals surface area contributed by atoms with E-state index >= 15 is 0 Å². The first kappa shape index (κ1) is 19.3. The van der Waals surface area contributed by atoms with Crippen molar-refractivity contribution in [2.24, 2.45) is 11.3 Å². The van der Waals surface area contributed by atoms with E-state index in [1.807, 2.05) is 0 Å². The third kappa shape index (κ3) is 2.61. The van der Waals surface area contributed by atoms with Gasteiger partial charge >= 0.3 is 0 Å². The number of fused-ring (bicyclic) bond motifs is 1. The van der Waals surface area contributed by atoms with Crippen LogP contribution in [0.2, 0.25) is 5.02 Å². The molecule has 0 bridgehead atoms. The number of nitro benzene ring substituents is 1. The molecule has 6 nitrogen and oxygen atoms in total. The summed E-state index contributed by atoms with van der Waals surface area (Å²) in [4.78, 5) is 51.1. The predicted molar refractivity (Wildman–Crippen MR) is 113 cm³/mol. The molecule has 3 aromatic carbocycles. The number of hydrogen-bond acceptors (Lipinski definition) is 5. The Hall–Kier alpha value is -3.64. The van der Waals surface area contributed by atoms with Gasteiger partial charge in [-0.2, -0.15) is 0 Å². The van der Waals surface area contributed by atoms with Gasteiger partial charge in [-0.25, -0.2) is 0 Å². The van der Waals surface area contributed by atoms with E-state index in [9.17, 15) is 24.5 Å². The SMILES string of the molecule is O=C(c1ccc(Cl)cc1)[C@@H]1[C@@H](c2cccc([N+](=O)[O-])c2)C12C(=O)c1ccccc1C2=O. The van der Waals surface area contributed by atoms with Crippen LogP contribution in [0.5, 0.6) is 0 Å². The summed E-state index contributed by atoms with van der Waals surface area (Å²) < 4.78 is 0. The molecule has 5 rings (SSSR count). The summed E-state index contributed by atoms with van der Waals surface area (Å²) in [6, 6.07) is 18.5. The summed E-state index contributed by atoms with van der Waals surface area (Å²) in [5.74, 6) is -2.89. The molecule has 0 radical (unpaired) electrons. The number of nitro groups is 1. The van der Waals surface area contributed by atoms with Gasteiger partial charge in [-0.15, -0.1) is 0 Å². The fourth-order valence-electron chi connectivity index (χ4n) is 4.82. The monoisotopic (exact) mass is 431 g/mol. The van der Waals surface area contributed by atoms with Crippen molar-refractivity contribution in [3.8, 4) is 0 Å². The maximum Gasteiger partial charge on any atom is 0.269 e. The zero-order valence-electron chi connectivity index (χ0n) is 15.9. The van der Waals surface area contributed by atoms with Crippen LogP contribution in [0, 0.1) is 21.4 Å². The van der Waals surface area contributed by atoms with Gasteiger partial charge in [0.2, 0.25) is 0 Å². The molecule has 0 heterocycles. The Kier molecular flexibility index (Phi) is 4.17. The molecular formula is C24H14ClNO5. The first-order chi connectivity index (χ1) is 14.9. The fourth-order valence-corrected chi connectivity index (χ4v) is 4.95. The number of rotatable bonds is 4. The second-order valence-electron chi connectivity index (χ2n) is 7.75. The molecule has 31 heavy (non-hydrogen) atoms. The number of hydrogen-bond donors (Lipinski definition) is 0. The molecule has 0 saturated heterocycles. The summed E-state index contributed by atoms with van der Waals surface area (Å²) in [5.41, 5.74) is -0.402. The van der Waals surface area contributed by atoms with Crippen molar-refractivity contribution in [2.45, 2.75) is 5.92 Å². The predicted octanol–water partition coefficient (Wildman–Crippen LogP) is 4.91. The van der Waals surface area contributed by atoms with Gasteiger partial charge < -0.3 is 0 Å². The van der Waals surface area contributed by atoms with Gasteiger partial charge in [0.15, 0.2) is 17.3 Å². The topological polar surface area (TPSA) is 94.3 Å². The highest BCUT2D eigenvalue weighted by atomic mass is 35.5. The van der Waals surface area contributed by atoms with Crippen molar-refractivity contribution in [1.29, 1.82) is 0 Å². The van der Waals surface area contributed by atoms with Crippen molar-refractivity contribution >= 4 is 34.6 Å². The van der Waals surface area contributed by atoms with Gasteiger partial charge in [-0.05, 0) is 29.8 Å². The van der Waals surface area contributed by atoms with Crippen LogP contribution < -0.4 is 0 Å². The van der Waals surface area contributed by atoms with Crippen molar-refractivity contribution in [3.63, 3.8) is 0 Å². The Morgan fingerprint density at radius 2 is 1.52 bits per heavy atom.